The zero-order chi connectivity index (χ0) is 22.8. The highest BCUT2D eigenvalue weighted by molar-refractivity contribution is 5.92. The zero-order valence-corrected chi connectivity index (χ0v) is 18.1. The van der Waals surface area contributed by atoms with Crippen LogP contribution in [0.15, 0.2) is 59.4 Å². The Morgan fingerprint density at radius 2 is 1.76 bits per heavy atom. The summed E-state index contributed by atoms with van der Waals surface area (Å²) in [4.78, 5) is 25.3. The fourth-order valence-electron chi connectivity index (χ4n) is 4.66. The third-order valence-electron chi connectivity index (χ3n) is 6.49. The third-order valence-corrected chi connectivity index (χ3v) is 6.49. The van der Waals surface area contributed by atoms with Crippen molar-refractivity contribution >= 4 is 5.91 Å². The van der Waals surface area contributed by atoms with Crippen molar-refractivity contribution in [2.45, 2.75) is 37.5 Å². The van der Waals surface area contributed by atoms with E-state index in [1.165, 1.54) is 42.8 Å². The van der Waals surface area contributed by atoms with Gasteiger partial charge < -0.3 is 14.8 Å². The van der Waals surface area contributed by atoms with E-state index in [0.29, 0.717) is 12.2 Å². The van der Waals surface area contributed by atoms with Crippen LogP contribution in [-0.4, -0.2) is 29.0 Å². The lowest BCUT2D eigenvalue weighted by Crippen LogP contribution is -2.42. The number of aromatic nitrogens is 2. The van der Waals surface area contributed by atoms with Gasteiger partial charge in [-0.05, 0) is 60.9 Å². The van der Waals surface area contributed by atoms with Gasteiger partial charge in [-0.1, -0.05) is 25.3 Å². The van der Waals surface area contributed by atoms with E-state index in [-0.39, 0.29) is 23.8 Å². The Hall–Kier alpha value is -3.68. The van der Waals surface area contributed by atoms with Crippen LogP contribution in [0.5, 0.6) is 11.5 Å². The van der Waals surface area contributed by atoms with E-state index in [1.54, 1.807) is 0 Å². The molecule has 2 heterocycles. The third kappa shape index (κ3) is 4.20. The largest absolute Gasteiger partial charge is 0.454 e. The summed E-state index contributed by atoms with van der Waals surface area (Å²) >= 11 is 0. The fraction of sp³-hybridized carbons (Fsp3) is 0.320. The lowest BCUT2D eigenvalue weighted by Gasteiger charge is -2.38. The van der Waals surface area contributed by atoms with E-state index in [4.69, 9.17) is 9.47 Å². The Bertz CT molecular complexity index is 1230. The standard InChI is InChI=1S/C25H24FN3O4/c26-18-5-7-19(8-6-18)29-23(30)11-9-20(28-29)24(31)27-15-25(12-2-1-3-13-25)17-4-10-21-22(14-17)33-16-32-21/h4-11,14H,1-3,12-13,15-16H2,(H,27,31). The number of carbonyl (C=O) groups is 1. The molecule has 170 valence electrons. The Morgan fingerprint density at radius 3 is 2.55 bits per heavy atom. The van der Waals surface area contributed by atoms with Crippen molar-refractivity contribution in [3.05, 3.63) is 82.0 Å². The van der Waals surface area contributed by atoms with Gasteiger partial charge in [-0.25, -0.2) is 4.39 Å². The minimum Gasteiger partial charge on any atom is -0.454 e. The second-order valence-electron chi connectivity index (χ2n) is 8.54. The van der Waals surface area contributed by atoms with Crippen molar-refractivity contribution in [1.82, 2.24) is 15.1 Å². The molecule has 0 saturated heterocycles. The molecule has 1 aromatic heterocycles. The van der Waals surface area contributed by atoms with Gasteiger partial charge >= 0.3 is 0 Å². The quantitative estimate of drug-likeness (QED) is 0.642. The van der Waals surface area contributed by atoms with E-state index >= 15 is 0 Å². The molecule has 5 rings (SSSR count). The molecule has 7 nitrogen and oxygen atoms in total. The lowest BCUT2D eigenvalue weighted by atomic mass is 9.69. The predicted molar refractivity (Wildman–Crippen MR) is 119 cm³/mol. The number of hydrogen-bond donors (Lipinski definition) is 1. The van der Waals surface area contributed by atoms with Gasteiger partial charge in [-0.3, -0.25) is 9.59 Å². The van der Waals surface area contributed by atoms with E-state index < -0.39 is 11.4 Å². The molecule has 33 heavy (non-hydrogen) atoms. The summed E-state index contributed by atoms with van der Waals surface area (Å²) in [7, 11) is 0. The van der Waals surface area contributed by atoms with Gasteiger partial charge in [0.15, 0.2) is 11.5 Å². The highest BCUT2D eigenvalue weighted by atomic mass is 19.1. The Morgan fingerprint density at radius 1 is 1.00 bits per heavy atom. The molecular formula is C25H24FN3O4. The second kappa shape index (κ2) is 8.69. The molecule has 0 bridgehead atoms. The van der Waals surface area contributed by atoms with E-state index in [0.717, 1.165) is 47.4 Å². The van der Waals surface area contributed by atoms with Crippen molar-refractivity contribution in [3.63, 3.8) is 0 Å². The minimum atomic E-state index is -0.415. The molecular weight excluding hydrogens is 425 g/mol. The summed E-state index contributed by atoms with van der Waals surface area (Å²) in [5.41, 5.74) is 1.02. The fourth-order valence-corrected chi connectivity index (χ4v) is 4.66. The van der Waals surface area contributed by atoms with Crippen LogP contribution in [0, 0.1) is 5.82 Å². The molecule has 0 spiro atoms. The van der Waals surface area contributed by atoms with Crippen LogP contribution in [0.1, 0.15) is 48.2 Å². The van der Waals surface area contributed by atoms with Crippen molar-refractivity contribution < 1.29 is 18.7 Å². The van der Waals surface area contributed by atoms with Gasteiger partial charge in [0, 0.05) is 18.0 Å². The molecule has 1 amide bonds. The van der Waals surface area contributed by atoms with E-state index in [9.17, 15) is 14.0 Å². The Kier molecular flexibility index (Phi) is 5.58. The summed E-state index contributed by atoms with van der Waals surface area (Å²) in [6.45, 7) is 0.667. The summed E-state index contributed by atoms with van der Waals surface area (Å²) in [5, 5.41) is 7.25. The average Bonchev–Trinajstić information content (AvgIpc) is 3.32. The molecule has 3 aromatic rings. The highest BCUT2D eigenvalue weighted by Gasteiger charge is 2.35. The number of halogens is 1. The van der Waals surface area contributed by atoms with E-state index in [2.05, 4.69) is 16.5 Å². The number of fused-ring (bicyclic) bond motifs is 1. The Labute approximate surface area is 190 Å². The van der Waals surface area contributed by atoms with Crippen molar-refractivity contribution in [2.24, 2.45) is 0 Å². The molecule has 2 aromatic carbocycles. The first-order valence-electron chi connectivity index (χ1n) is 11.1. The lowest BCUT2D eigenvalue weighted by molar-refractivity contribution is 0.0929. The number of ether oxygens (including phenoxy) is 2. The number of amides is 1. The number of nitrogens with one attached hydrogen (secondary N) is 1. The van der Waals surface area contributed by atoms with Gasteiger partial charge in [-0.15, -0.1) is 0 Å². The molecule has 0 atom stereocenters. The first kappa shape index (κ1) is 21.2. The molecule has 1 saturated carbocycles. The summed E-state index contributed by atoms with van der Waals surface area (Å²) in [5.74, 6) is 0.691. The first-order valence-corrected chi connectivity index (χ1v) is 11.1. The second-order valence-corrected chi connectivity index (χ2v) is 8.54. The number of benzene rings is 2. The summed E-state index contributed by atoms with van der Waals surface area (Å²) in [6, 6.07) is 14.1. The van der Waals surface area contributed by atoms with Crippen LogP contribution in [0.4, 0.5) is 4.39 Å². The van der Waals surface area contributed by atoms with Crippen LogP contribution >= 0.6 is 0 Å². The smallest absolute Gasteiger partial charge is 0.271 e. The number of carbonyl (C=O) groups excluding carboxylic acids is 1. The number of rotatable bonds is 5. The molecule has 1 fully saturated rings. The topological polar surface area (TPSA) is 82.5 Å². The van der Waals surface area contributed by atoms with E-state index in [1.807, 2.05) is 12.1 Å². The van der Waals surface area contributed by atoms with Crippen LogP contribution in [0.3, 0.4) is 0 Å². The highest BCUT2D eigenvalue weighted by Crippen LogP contribution is 2.43. The van der Waals surface area contributed by atoms with Crippen LogP contribution in [-0.2, 0) is 5.41 Å². The molecule has 1 aliphatic carbocycles. The predicted octanol–water partition coefficient (Wildman–Crippen LogP) is 3.73. The molecule has 8 heteroatoms. The molecule has 0 radical (unpaired) electrons. The van der Waals surface area contributed by atoms with Gasteiger partial charge in [0.25, 0.3) is 11.5 Å². The van der Waals surface area contributed by atoms with Crippen molar-refractivity contribution in [3.8, 4) is 17.2 Å². The maximum Gasteiger partial charge on any atom is 0.271 e. The van der Waals surface area contributed by atoms with Crippen LogP contribution in [0.25, 0.3) is 5.69 Å². The molecule has 0 unspecified atom stereocenters. The number of nitrogens with zero attached hydrogens (tertiary/aromatic N) is 2. The maximum absolute atomic E-state index is 13.3. The van der Waals surface area contributed by atoms with Gasteiger partial charge in [-0.2, -0.15) is 9.78 Å². The van der Waals surface area contributed by atoms with Crippen LogP contribution < -0.4 is 20.3 Å². The summed E-state index contributed by atoms with van der Waals surface area (Å²) < 4.78 is 25.4. The minimum absolute atomic E-state index is 0.121. The normalized spacial score (nSPS) is 16.4. The Balaban J connectivity index is 1.38. The van der Waals surface area contributed by atoms with Crippen molar-refractivity contribution in [2.75, 3.05) is 13.3 Å². The monoisotopic (exact) mass is 449 g/mol. The molecule has 1 N–H and O–H groups in total. The number of hydrogen-bond acceptors (Lipinski definition) is 5. The SMILES string of the molecule is O=C(NCC1(c2ccc3c(c2)OCO3)CCCCC1)c1ccc(=O)n(-c2ccc(F)cc2)n1. The average molecular weight is 449 g/mol. The maximum atomic E-state index is 13.3. The molecule has 2 aliphatic rings. The summed E-state index contributed by atoms with van der Waals surface area (Å²) in [6.07, 6.45) is 5.24. The van der Waals surface area contributed by atoms with Crippen LogP contribution in [0.2, 0.25) is 0 Å². The first-order chi connectivity index (χ1) is 16.0. The van der Waals surface area contributed by atoms with Gasteiger partial charge in [0.2, 0.25) is 6.79 Å². The van der Waals surface area contributed by atoms with Gasteiger partial charge in [0.05, 0.1) is 5.69 Å². The zero-order valence-electron chi connectivity index (χ0n) is 18.1. The molecule has 1 aliphatic heterocycles. The van der Waals surface area contributed by atoms with Gasteiger partial charge in [0.1, 0.15) is 11.5 Å². The van der Waals surface area contributed by atoms with Crippen molar-refractivity contribution in [1.29, 1.82) is 0 Å².